The maximum absolute atomic E-state index is 6.20. The van der Waals surface area contributed by atoms with Crippen molar-refractivity contribution in [2.24, 2.45) is 17.6 Å². The molecule has 0 aromatic rings. The molecule has 1 heterocycles. The number of nitrogens with zero attached hydrogens (tertiary/aromatic N) is 1. The van der Waals surface area contributed by atoms with E-state index in [9.17, 15) is 0 Å². The topological polar surface area (TPSA) is 29.3 Å². The van der Waals surface area contributed by atoms with Gasteiger partial charge in [-0.15, -0.1) is 0 Å². The molecule has 0 amide bonds. The summed E-state index contributed by atoms with van der Waals surface area (Å²) in [7, 11) is 0. The van der Waals surface area contributed by atoms with Gasteiger partial charge in [-0.1, -0.05) is 26.7 Å². The van der Waals surface area contributed by atoms with Crippen molar-refractivity contribution in [3.8, 4) is 0 Å². The van der Waals surface area contributed by atoms with E-state index in [0.29, 0.717) is 5.54 Å². The first-order valence-electron chi connectivity index (χ1n) is 8.13. The Hall–Kier alpha value is -0.0800. The molecule has 1 aliphatic heterocycles. The molecule has 2 fully saturated rings. The molecular formula is C16H32N2. The fourth-order valence-electron chi connectivity index (χ4n) is 4.04. The Morgan fingerprint density at radius 1 is 1.06 bits per heavy atom. The van der Waals surface area contributed by atoms with Gasteiger partial charge in [0.15, 0.2) is 0 Å². The van der Waals surface area contributed by atoms with Crippen LogP contribution in [0.25, 0.3) is 0 Å². The third kappa shape index (κ3) is 3.08. The van der Waals surface area contributed by atoms with Gasteiger partial charge in [-0.3, -0.25) is 4.90 Å². The van der Waals surface area contributed by atoms with Crippen LogP contribution in [0.5, 0.6) is 0 Å². The molecule has 0 aromatic carbocycles. The van der Waals surface area contributed by atoms with Crippen LogP contribution in [0, 0.1) is 11.8 Å². The Labute approximate surface area is 113 Å². The molecule has 18 heavy (non-hydrogen) atoms. The van der Waals surface area contributed by atoms with Crippen molar-refractivity contribution in [3.05, 3.63) is 0 Å². The van der Waals surface area contributed by atoms with E-state index in [4.69, 9.17) is 5.73 Å². The maximum atomic E-state index is 6.20. The number of likely N-dealkylation sites (tertiary alicyclic amines) is 1. The van der Waals surface area contributed by atoms with Crippen LogP contribution in [0.2, 0.25) is 0 Å². The monoisotopic (exact) mass is 252 g/mol. The molecule has 2 rings (SSSR count). The minimum Gasteiger partial charge on any atom is -0.329 e. The molecule has 0 bridgehead atoms. The van der Waals surface area contributed by atoms with E-state index in [-0.39, 0.29) is 0 Å². The first-order valence-corrected chi connectivity index (χ1v) is 8.13. The summed E-state index contributed by atoms with van der Waals surface area (Å²) in [5.74, 6) is 1.79. The van der Waals surface area contributed by atoms with Crippen molar-refractivity contribution in [2.45, 2.75) is 70.8 Å². The van der Waals surface area contributed by atoms with Gasteiger partial charge in [0.1, 0.15) is 0 Å². The summed E-state index contributed by atoms with van der Waals surface area (Å²) in [6.07, 6.45) is 11.1. The van der Waals surface area contributed by atoms with Gasteiger partial charge in [0.2, 0.25) is 0 Å². The Morgan fingerprint density at radius 3 is 2.06 bits per heavy atom. The van der Waals surface area contributed by atoms with Gasteiger partial charge < -0.3 is 5.73 Å². The number of hydrogen-bond acceptors (Lipinski definition) is 2. The third-order valence-electron chi connectivity index (χ3n) is 5.56. The molecular weight excluding hydrogens is 220 g/mol. The van der Waals surface area contributed by atoms with Crippen LogP contribution in [0.3, 0.4) is 0 Å². The van der Waals surface area contributed by atoms with Gasteiger partial charge in [-0.25, -0.2) is 0 Å². The number of hydrogen-bond donors (Lipinski definition) is 1. The van der Waals surface area contributed by atoms with Crippen LogP contribution in [0.1, 0.15) is 65.2 Å². The van der Waals surface area contributed by atoms with Crippen molar-refractivity contribution >= 4 is 0 Å². The van der Waals surface area contributed by atoms with Crippen LogP contribution in [0.4, 0.5) is 0 Å². The quantitative estimate of drug-likeness (QED) is 0.834. The summed E-state index contributed by atoms with van der Waals surface area (Å²) in [5.41, 5.74) is 6.56. The van der Waals surface area contributed by atoms with E-state index >= 15 is 0 Å². The molecule has 1 aliphatic carbocycles. The van der Waals surface area contributed by atoms with Crippen molar-refractivity contribution in [3.63, 3.8) is 0 Å². The van der Waals surface area contributed by atoms with Gasteiger partial charge in [0, 0.05) is 12.1 Å². The highest BCUT2D eigenvalue weighted by molar-refractivity contribution is 4.96. The van der Waals surface area contributed by atoms with E-state index in [0.717, 1.165) is 18.4 Å². The zero-order valence-corrected chi connectivity index (χ0v) is 12.5. The largest absolute Gasteiger partial charge is 0.329 e. The first-order chi connectivity index (χ1) is 8.68. The molecule has 0 aromatic heterocycles. The first kappa shape index (κ1) is 14.3. The molecule has 0 spiro atoms. The zero-order chi connectivity index (χ0) is 13.0. The zero-order valence-electron chi connectivity index (χ0n) is 12.5. The van der Waals surface area contributed by atoms with Gasteiger partial charge in [-0.05, 0) is 63.5 Å². The van der Waals surface area contributed by atoms with Gasteiger partial charge in [0.05, 0.1) is 0 Å². The second-order valence-electron chi connectivity index (χ2n) is 6.91. The lowest BCUT2D eigenvalue weighted by molar-refractivity contribution is 0.0373. The molecule has 1 saturated heterocycles. The highest BCUT2D eigenvalue weighted by Crippen LogP contribution is 2.39. The van der Waals surface area contributed by atoms with Gasteiger partial charge in [-0.2, -0.15) is 0 Å². The molecule has 2 heteroatoms. The van der Waals surface area contributed by atoms with Crippen molar-refractivity contribution in [2.75, 3.05) is 19.6 Å². The SMILES string of the molecule is CC(C)C1CCC(CN)(N2CCCCCC2)CC1. The van der Waals surface area contributed by atoms with Gasteiger partial charge >= 0.3 is 0 Å². The van der Waals surface area contributed by atoms with Crippen molar-refractivity contribution < 1.29 is 0 Å². The number of rotatable bonds is 3. The Balaban J connectivity index is 1.98. The minimum atomic E-state index is 0.357. The highest BCUT2D eigenvalue weighted by atomic mass is 15.2. The molecule has 106 valence electrons. The van der Waals surface area contributed by atoms with E-state index in [1.54, 1.807) is 0 Å². The van der Waals surface area contributed by atoms with Gasteiger partial charge in [0.25, 0.3) is 0 Å². The van der Waals surface area contributed by atoms with Crippen LogP contribution < -0.4 is 5.73 Å². The van der Waals surface area contributed by atoms with E-state index < -0.39 is 0 Å². The normalized spacial score (nSPS) is 35.7. The van der Waals surface area contributed by atoms with Crippen LogP contribution in [0.15, 0.2) is 0 Å². The minimum absolute atomic E-state index is 0.357. The molecule has 2 aliphatic rings. The number of nitrogens with two attached hydrogens (primary N) is 1. The lowest BCUT2D eigenvalue weighted by Crippen LogP contribution is -2.56. The van der Waals surface area contributed by atoms with Crippen molar-refractivity contribution in [1.82, 2.24) is 4.90 Å². The Bertz CT molecular complexity index is 233. The summed E-state index contributed by atoms with van der Waals surface area (Å²) in [4.78, 5) is 2.76. The van der Waals surface area contributed by atoms with Crippen LogP contribution >= 0.6 is 0 Å². The summed E-state index contributed by atoms with van der Waals surface area (Å²) in [6.45, 7) is 8.23. The van der Waals surface area contributed by atoms with Crippen LogP contribution in [-0.2, 0) is 0 Å². The Kier molecular flexibility index (Phi) is 5.08. The average Bonchev–Trinajstić information content (AvgIpc) is 2.68. The highest BCUT2D eigenvalue weighted by Gasteiger charge is 2.39. The molecule has 0 atom stereocenters. The maximum Gasteiger partial charge on any atom is 0.0331 e. The van der Waals surface area contributed by atoms with Crippen molar-refractivity contribution in [1.29, 1.82) is 0 Å². The summed E-state index contributed by atoms with van der Waals surface area (Å²) < 4.78 is 0. The molecule has 1 saturated carbocycles. The lowest BCUT2D eigenvalue weighted by atomic mass is 9.72. The summed E-state index contributed by atoms with van der Waals surface area (Å²) in [6, 6.07) is 0. The fourth-order valence-corrected chi connectivity index (χ4v) is 4.04. The lowest BCUT2D eigenvalue weighted by Gasteiger charge is -2.48. The standard InChI is InChI=1S/C16H32N2/c1-14(2)15-7-9-16(13-17,10-8-15)18-11-5-3-4-6-12-18/h14-15H,3-13,17H2,1-2H3. The molecule has 0 radical (unpaired) electrons. The smallest absolute Gasteiger partial charge is 0.0331 e. The van der Waals surface area contributed by atoms with E-state index in [2.05, 4.69) is 18.7 Å². The van der Waals surface area contributed by atoms with Crippen LogP contribution in [-0.4, -0.2) is 30.1 Å². The van der Waals surface area contributed by atoms with E-state index in [1.165, 1.54) is 64.5 Å². The average molecular weight is 252 g/mol. The second kappa shape index (κ2) is 6.38. The fraction of sp³-hybridized carbons (Fsp3) is 1.00. The predicted molar refractivity (Wildman–Crippen MR) is 78.6 cm³/mol. The summed E-state index contributed by atoms with van der Waals surface area (Å²) in [5, 5.41) is 0. The van der Waals surface area contributed by atoms with E-state index in [1.807, 2.05) is 0 Å². The molecule has 2 N–H and O–H groups in total. The second-order valence-corrected chi connectivity index (χ2v) is 6.91. The summed E-state index contributed by atoms with van der Waals surface area (Å²) >= 11 is 0. The molecule has 0 unspecified atom stereocenters. The Morgan fingerprint density at radius 2 is 1.61 bits per heavy atom. The third-order valence-corrected chi connectivity index (χ3v) is 5.56. The predicted octanol–water partition coefficient (Wildman–Crippen LogP) is 3.41. The molecule has 2 nitrogen and oxygen atoms in total.